The van der Waals surface area contributed by atoms with E-state index >= 15 is 0 Å². The van der Waals surface area contributed by atoms with Crippen LogP contribution < -0.4 is 20.3 Å². The van der Waals surface area contributed by atoms with Crippen LogP contribution in [0.4, 0.5) is 23.0 Å². The van der Waals surface area contributed by atoms with E-state index in [0.29, 0.717) is 30.3 Å². The lowest BCUT2D eigenvalue weighted by molar-refractivity contribution is -0.130. The molecule has 0 bridgehead atoms. The summed E-state index contributed by atoms with van der Waals surface area (Å²) in [4.78, 5) is 38.2. The van der Waals surface area contributed by atoms with E-state index in [4.69, 9.17) is 10.5 Å². The number of amides is 1. The van der Waals surface area contributed by atoms with Gasteiger partial charge in [0.25, 0.3) is 0 Å². The summed E-state index contributed by atoms with van der Waals surface area (Å²) in [6.07, 6.45) is 2.85. The lowest BCUT2D eigenvalue weighted by Crippen LogP contribution is -2.64. The first-order chi connectivity index (χ1) is 16.1. The molecule has 2 aliphatic heterocycles. The molecule has 0 radical (unpaired) electrons. The smallest absolute Gasteiger partial charge is 0.246 e. The van der Waals surface area contributed by atoms with Crippen molar-refractivity contribution in [2.45, 2.75) is 12.2 Å². The quantitative estimate of drug-likeness (QED) is 0.459. The molecule has 1 fully saturated rings. The molecule has 1 unspecified atom stereocenters. The van der Waals surface area contributed by atoms with Gasteiger partial charge in [0.05, 0.1) is 6.04 Å². The number of fused-ring (bicyclic) bond motifs is 1. The van der Waals surface area contributed by atoms with Crippen molar-refractivity contribution < 1.29 is 14.3 Å². The van der Waals surface area contributed by atoms with Crippen molar-refractivity contribution in [3.63, 3.8) is 0 Å². The molecule has 3 heterocycles. The molecule has 2 aromatic carbocycles. The van der Waals surface area contributed by atoms with Gasteiger partial charge in [-0.3, -0.25) is 9.59 Å². The summed E-state index contributed by atoms with van der Waals surface area (Å²) in [7, 11) is 0. The number of hydrogen-bond donors (Lipinski definition) is 1. The average Bonchev–Trinajstić information content (AvgIpc) is 3.14. The first-order valence-corrected chi connectivity index (χ1v) is 10.5. The Morgan fingerprint density at radius 2 is 1.76 bits per heavy atom. The van der Waals surface area contributed by atoms with Gasteiger partial charge < -0.3 is 25.2 Å². The first kappa shape index (κ1) is 20.5. The van der Waals surface area contributed by atoms with E-state index in [1.807, 2.05) is 64.4 Å². The number of nitrogens with zero attached hydrogens (tertiary/aromatic N) is 5. The van der Waals surface area contributed by atoms with Crippen molar-refractivity contribution in [1.29, 1.82) is 0 Å². The molecule has 0 aliphatic carbocycles. The predicted molar refractivity (Wildman–Crippen MR) is 124 cm³/mol. The van der Waals surface area contributed by atoms with Crippen LogP contribution in [0.3, 0.4) is 0 Å². The molecule has 5 rings (SSSR count). The summed E-state index contributed by atoms with van der Waals surface area (Å²) in [5, 5.41) is 0. The minimum atomic E-state index is -0.675. The fraction of sp³-hybridized carbons (Fsp3) is 0.167. The summed E-state index contributed by atoms with van der Waals surface area (Å²) < 4.78 is 5.88. The molecule has 2 aliphatic rings. The highest BCUT2D eigenvalue weighted by Gasteiger charge is 2.47. The molecule has 9 heteroatoms. The monoisotopic (exact) mass is 442 g/mol. The van der Waals surface area contributed by atoms with Crippen molar-refractivity contribution >= 4 is 35.2 Å². The SMILES string of the molecule is C=CC(=O)N1CC(N2c3ncnc(N)c3N(c3ccc(Oc4ccccc4)cc3)C2C=O)C1. The second-order valence-electron chi connectivity index (χ2n) is 7.77. The number of nitrogen functional groups attached to an aromatic ring is 1. The number of anilines is 4. The zero-order valence-electron chi connectivity index (χ0n) is 17.7. The van der Waals surface area contributed by atoms with Gasteiger partial charge in [-0.05, 0) is 42.5 Å². The minimum Gasteiger partial charge on any atom is -0.457 e. The largest absolute Gasteiger partial charge is 0.457 e. The van der Waals surface area contributed by atoms with Gasteiger partial charge in [-0.1, -0.05) is 24.8 Å². The molecule has 166 valence electrons. The molecule has 1 saturated heterocycles. The lowest BCUT2D eigenvalue weighted by Gasteiger charge is -2.45. The van der Waals surface area contributed by atoms with Crippen LogP contribution >= 0.6 is 0 Å². The zero-order chi connectivity index (χ0) is 22.9. The summed E-state index contributed by atoms with van der Waals surface area (Å²) in [5.41, 5.74) is 7.55. The van der Waals surface area contributed by atoms with Crippen LogP contribution in [0.1, 0.15) is 0 Å². The molecule has 33 heavy (non-hydrogen) atoms. The van der Waals surface area contributed by atoms with Gasteiger partial charge >= 0.3 is 0 Å². The second-order valence-corrected chi connectivity index (χ2v) is 7.77. The maximum absolute atomic E-state index is 12.3. The Labute approximate surface area is 190 Å². The molecule has 0 saturated carbocycles. The summed E-state index contributed by atoms with van der Waals surface area (Å²) >= 11 is 0. The van der Waals surface area contributed by atoms with Crippen molar-refractivity contribution in [3.8, 4) is 11.5 Å². The van der Waals surface area contributed by atoms with Gasteiger partial charge in [0, 0.05) is 18.8 Å². The summed E-state index contributed by atoms with van der Waals surface area (Å²) in [6.45, 7) is 4.47. The highest BCUT2D eigenvalue weighted by Crippen LogP contribution is 2.47. The highest BCUT2D eigenvalue weighted by molar-refractivity contribution is 5.94. The summed E-state index contributed by atoms with van der Waals surface area (Å²) in [5.74, 6) is 2.10. The van der Waals surface area contributed by atoms with Crippen LogP contribution in [0.25, 0.3) is 0 Å². The zero-order valence-corrected chi connectivity index (χ0v) is 17.7. The molecule has 1 aromatic heterocycles. The van der Waals surface area contributed by atoms with E-state index in [-0.39, 0.29) is 17.8 Å². The number of ether oxygens (including phenoxy) is 1. The van der Waals surface area contributed by atoms with E-state index in [1.54, 1.807) is 4.90 Å². The first-order valence-electron chi connectivity index (χ1n) is 10.5. The molecular weight excluding hydrogens is 420 g/mol. The average molecular weight is 442 g/mol. The standard InChI is InChI=1S/C24H22N6O3/c1-2-21(32)28-12-17(13-28)30-20(14-31)29(22-23(25)26-15-27-24(22)30)16-8-10-19(11-9-16)33-18-6-4-3-5-7-18/h2-11,14-15,17,20H,1,12-13H2,(H2,25,26,27). The number of hydrogen-bond acceptors (Lipinski definition) is 8. The number of para-hydroxylation sites is 1. The number of aldehydes is 1. The van der Waals surface area contributed by atoms with E-state index in [2.05, 4.69) is 16.5 Å². The number of likely N-dealkylation sites (tertiary alicyclic amines) is 1. The van der Waals surface area contributed by atoms with Crippen molar-refractivity contribution in [3.05, 3.63) is 73.6 Å². The molecule has 9 nitrogen and oxygen atoms in total. The van der Waals surface area contributed by atoms with Crippen molar-refractivity contribution in [1.82, 2.24) is 14.9 Å². The van der Waals surface area contributed by atoms with E-state index in [0.717, 1.165) is 17.7 Å². The van der Waals surface area contributed by atoms with Crippen LogP contribution in [0.5, 0.6) is 11.5 Å². The molecule has 2 N–H and O–H groups in total. The molecular formula is C24H22N6O3. The molecule has 0 spiro atoms. The Balaban J connectivity index is 1.45. The van der Waals surface area contributed by atoms with Crippen LogP contribution in [0.15, 0.2) is 73.6 Å². The number of benzene rings is 2. The Hall–Kier alpha value is -4.40. The number of aromatic nitrogens is 2. The van der Waals surface area contributed by atoms with Gasteiger partial charge in [-0.25, -0.2) is 9.97 Å². The Bertz CT molecular complexity index is 1190. The Kier molecular flexibility index (Phi) is 5.14. The number of carbonyl (C=O) groups excluding carboxylic acids is 2. The predicted octanol–water partition coefficient (Wildman–Crippen LogP) is 2.73. The fourth-order valence-corrected chi connectivity index (χ4v) is 4.22. The maximum atomic E-state index is 12.3. The molecule has 1 atom stereocenters. The number of rotatable bonds is 6. The fourth-order valence-electron chi connectivity index (χ4n) is 4.22. The third-order valence-electron chi connectivity index (χ3n) is 5.82. The number of carbonyl (C=O) groups is 2. The van der Waals surface area contributed by atoms with E-state index < -0.39 is 6.17 Å². The minimum absolute atomic E-state index is 0.0807. The van der Waals surface area contributed by atoms with Gasteiger partial charge in [0.2, 0.25) is 5.91 Å². The van der Waals surface area contributed by atoms with Crippen LogP contribution in [-0.4, -0.2) is 52.4 Å². The topological polar surface area (TPSA) is 105 Å². The Morgan fingerprint density at radius 3 is 2.42 bits per heavy atom. The van der Waals surface area contributed by atoms with Crippen molar-refractivity contribution in [2.24, 2.45) is 0 Å². The second kappa shape index (κ2) is 8.27. The third kappa shape index (κ3) is 3.53. The van der Waals surface area contributed by atoms with E-state index in [1.165, 1.54) is 12.4 Å². The van der Waals surface area contributed by atoms with Crippen molar-refractivity contribution in [2.75, 3.05) is 28.6 Å². The highest BCUT2D eigenvalue weighted by atomic mass is 16.5. The molecule has 3 aromatic rings. The maximum Gasteiger partial charge on any atom is 0.246 e. The van der Waals surface area contributed by atoms with E-state index in [9.17, 15) is 9.59 Å². The lowest BCUT2D eigenvalue weighted by atomic mass is 10.1. The van der Waals surface area contributed by atoms with Gasteiger partial charge in [-0.2, -0.15) is 0 Å². The van der Waals surface area contributed by atoms with Crippen LogP contribution in [0.2, 0.25) is 0 Å². The number of nitrogens with two attached hydrogens (primary N) is 1. The third-order valence-corrected chi connectivity index (χ3v) is 5.82. The van der Waals surface area contributed by atoms with Crippen LogP contribution in [0, 0.1) is 0 Å². The van der Waals surface area contributed by atoms with Crippen LogP contribution in [-0.2, 0) is 9.59 Å². The summed E-state index contributed by atoms with van der Waals surface area (Å²) in [6, 6.07) is 16.8. The molecule has 1 amide bonds. The van der Waals surface area contributed by atoms with Gasteiger partial charge in [0.15, 0.2) is 24.1 Å². The van der Waals surface area contributed by atoms with Gasteiger partial charge in [-0.15, -0.1) is 0 Å². The van der Waals surface area contributed by atoms with Gasteiger partial charge in [0.1, 0.15) is 23.5 Å². The Morgan fingerprint density at radius 1 is 1.06 bits per heavy atom. The normalized spacial score (nSPS) is 17.3.